The quantitative estimate of drug-likeness (QED) is 0.389. The van der Waals surface area contributed by atoms with Crippen molar-refractivity contribution in [3.05, 3.63) is 0 Å². The van der Waals surface area contributed by atoms with E-state index in [4.69, 9.17) is 0 Å². The number of β-amino-alcohol motifs (C(OH)–C–C–N with tert-alkyl or cyclic N) is 1. The molecule has 0 radical (unpaired) electrons. The molecule has 0 unspecified atom stereocenters. The number of aliphatic hydroxyl groups is 1. The minimum Gasteiger partial charge on any atom is -0.392 e. The summed E-state index contributed by atoms with van der Waals surface area (Å²) in [5, 5.41) is 12.6. The zero-order valence-corrected chi connectivity index (χ0v) is 30.0. The van der Waals surface area contributed by atoms with Gasteiger partial charge in [-0.3, -0.25) is 19.6 Å². The maximum absolute atomic E-state index is 9.22. The van der Waals surface area contributed by atoms with Crippen molar-refractivity contribution in [2.75, 3.05) is 77.0 Å². The highest BCUT2D eigenvalue weighted by Crippen LogP contribution is 2.23. The molecule has 0 spiro atoms. The first-order valence-corrected chi connectivity index (χ1v) is 17.3. The molecule has 40 heavy (non-hydrogen) atoms. The molecule has 4 aliphatic rings. The van der Waals surface area contributed by atoms with Crippen molar-refractivity contribution in [2.24, 2.45) is 5.92 Å². The van der Waals surface area contributed by atoms with Gasteiger partial charge in [0.15, 0.2) is 0 Å². The topological polar surface area (TPSA) is 45.2 Å². The van der Waals surface area contributed by atoms with Crippen LogP contribution in [-0.4, -0.2) is 130 Å². The van der Waals surface area contributed by atoms with Crippen LogP contribution in [0.3, 0.4) is 0 Å². The van der Waals surface area contributed by atoms with Crippen molar-refractivity contribution in [1.82, 2.24) is 24.9 Å². The van der Waals surface area contributed by atoms with Gasteiger partial charge in [-0.2, -0.15) is 11.8 Å². The van der Waals surface area contributed by atoms with Gasteiger partial charge in [-0.05, 0) is 108 Å². The Morgan fingerprint density at radius 1 is 0.550 bits per heavy atom. The van der Waals surface area contributed by atoms with Crippen LogP contribution in [0.2, 0.25) is 0 Å². The van der Waals surface area contributed by atoms with E-state index in [1.807, 2.05) is 0 Å². The molecular formula is C33H71N5OS. The number of thioether (sulfide) groups is 1. The van der Waals surface area contributed by atoms with Gasteiger partial charge in [-0.25, -0.2) is 0 Å². The largest absolute Gasteiger partial charge is 0.392 e. The summed E-state index contributed by atoms with van der Waals surface area (Å²) in [6.07, 6.45) is 2.24. The number of piperazine rings is 1. The first-order chi connectivity index (χ1) is 18.2. The van der Waals surface area contributed by atoms with Gasteiger partial charge in [-0.15, -0.1) is 0 Å². The summed E-state index contributed by atoms with van der Waals surface area (Å²) < 4.78 is 0. The van der Waals surface area contributed by atoms with Crippen LogP contribution in [0.25, 0.3) is 0 Å². The lowest BCUT2D eigenvalue weighted by atomic mass is 10.1. The number of hydrogen-bond acceptors (Lipinski definition) is 7. The zero-order chi connectivity index (χ0) is 30.8. The highest BCUT2D eigenvalue weighted by Gasteiger charge is 2.29. The molecule has 0 aromatic heterocycles. The molecule has 4 fully saturated rings. The molecule has 0 aromatic carbocycles. The fraction of sp³-hybridized carbons (Fsp3) is 1.00. The summed E-state index contributed by atoms with van der Waals surface area (Å²) in [5.41, 5.74) is 1.38. The van der Waals surface area contributed by atoms with Crippen molar-refractivity contribution in [3.8, 4) is 0 Å². The summed E-state index contributed by atoms with van der Waals surface area (Å²) in [6.45, 7) is 41.2. The number of rotatable bonds is 0. The third-order valence-electron chi connectivity index (χ3n) is 8.51. The monoisotopic (exact) mass is 586 g/mol. The SMILES string of the molecule is CC(C)(C)N1CCNCC1.CC(C)(C)N1CCSCC1.CC(C)(C)N1CC[C@H](O)C1.C[C@@H]1CCN(C(C)(C)C)C1. The smallest absolute Gasteiger partial charge is 0.0679 e. The maximum Gasteiger partial charge on any atom is 0.0679 e. The molecule has 7 heteroatoms. The number of aliphatic hydroxyl groups excluding tert-OH is 1. The minimum absolute atomic E-state index is 0.0841. The third kappa shape index (κ3) is 15.5. The lowest BCUT2D eigenvalue weighted by molar-refractivity contribution is 0.119. The van der Waals surface area contributed by atoms with E-state index in [-0.39, 0.29) is 11.6 Å². The zero-order valence-electron chi connectivity index (χ0n) is 29.2. The Kier molecular flexibility index (Phi) is 16.0. The Hall–Kier alpha value is 0.110. The Morgan fingerprint density at radius 2 is 0.950 bits per heavy atom. The van der Waals surface area contributed by atoms with Crippen LogP contribution in [0.4, 0.5) is 0 Å². The van der Waals surface area contributed by atoms with Gasteiger partial charge >= 0.3 is 0 Å². The minimum atomic E-state index is -0.0841. The van der Waals surface area contributed by atoms with Gasteiger partial charge in [0.05, 0.1) is 6.10 Å². The van der Waals surface area contributed by atoms with Crippen molar-refractivity contribution in [2.45, 2.75) is 131 Å². The van der Waals surface area contributed by atoms with E-state index >= 15 is 0 Å². The molecule has 240 valence electrons. The molecule has 2 atom stereocenters. The van der Waals surface area contributed by atoms with E-state index in [0.29, 0.717) is 16.6 Å². The normalized spacial score (nSPS) is 26.2. The summed E-state index contributed by atoms with van der Waals surface area (Å²) in [6, 6.07) is 0. The highest BCUT2D eigenvalue weighted by molar-refractivity contribution is 7.99. The van der Waals surface area contributed by atoms with Crippen molar-refractivity contribution in [1.29, 1.82) is 0 Å². The summed E-state index contributed by atoms with van der Waals surface area (Å²) in [4.78, 5) is 9.96. The summed E-state index contributed by atoms with van der Waals surface area (Å²) in [5.74, 6) is 3.55. The molecule has 0 aromatic rings. The molecule has 4 heterocycles. The average molecular weight is 586 g/mol. The van der Waals surface area contributed by atoms with Gasteiger partial charge in [0.1, 0.15) is 0 Å². The van der Waals surface area contributed by atoms with Crippen molar-refractivity contribution in [3.63, 3.8) is 0 Å². The number of hydrogen-bond donors (Lipinski definition) is 2. The Bertz CT molecular complexity index is 577. The molecule has 4 saturated heterocycles. The van der Waals surface area contributed by atoms with Crippen LogP contribution in [0.5, 0.6) is 0 Å². The molecule has 0 saturated carbocycles. The number of nitrogens with zero attached hydrogens (tertiary/aromatic N) is 4. The summed E-state index contributed by atoms with van der Waals surface area (Å²) in [7, 11) is 0. The van der Waals surface area contributed by atoms with E-state index in [1.54, 1.807) is 0 Å². The van der Waals surface area contributed by atoms with Gasteiger partial charge in [0, 0.05) is 92.6 Å². The molecule has 4 rings (SSSR count). The van der Waals surface area contributed by atoms with E-state index in [1.165, 1.54) is 57.2 Å². The van der Waals surface area contributed by atoms with Gasteiger partial charge in [0.25, 0.3) is 0 Å². The van der Waals surface area contributed by atoms with Gasteiger partial charge in [0.2, 0.25) is 0 Å². The van der Waals surface area contributed by atoms with E-state index in [0.717, 1.165) is 38.5 Å². The highest BCUT2D eigenvalue weighted by atomic mass is 32.2. The van der Waals surface area contributed by atoms with Crippen molar-refractivity contribution >= 4 is 11.8 Å². The second kappa shape index (κ2) is 16.8. The third-order valence-corrected chi connectivity index (χ3v) is 9.45. The lowest BCUT2D eigenvalue weighted by Crippen LogP contribution is -2.51. The Labute approximate surface area is 255 Å². The van der Waals surface area contributed by atoms with Gasteiger partial charge < -0.3 is 10.4 Å². The van der Waals surface area contributed by atoms with Crippen molar-refractivity contribution < 1.29 is 5.11 Å². The van der Waals surface area contributed by atoms with Crippen LogP contribution in [-0.2, 0) is 0 Å². The maximum atomic E-state index is 9.22. The van der Waals surface area contributed by atoms with Crippen LogP contribution in [0, 0.1) is 5.92 Å². The second-order valence-corrected chi connectivity index (χ2v) is 17.5. The molecular weight excluding hydrogens is 514 g/mol. The van der Waals surface area contributed by atoms with E-state index < -0.39 is 0 Å². The van der Waals surface area contributed by atoms with E-state index in [2.05, 4.69) is 127 Å². The van der Waals surface area contributed by atoms with Crippen LogP contribution >= 0.6 is 11.8 Å². The van der Waals surface area contributed by atoms with Crippen LogP contribution in [0.1, 0.15) is 103 Å². The average Bonchev–Trinajstić information content (AvgIpc) is 3.49. The predicted octanol–water partition coefficient (Wildman–Crippen LogP) is 5.50. The Balaban J connectivity index is 0.000000267. The number of nitrogens with one attached hydrogen (secondary N) is 1. The predicted molar refractivity (Wildman–Crippen MR) is 180 cm³/mol. The molecule has 6 nitrogen and oxygen atoms in total. The van der Waals surface area contributed by atoms with Crippen LogP contribution in [0.15, 0.2) is 0 Å². The second-order valence-electron chi connectivity index (χ2n) is 16.2. The molecule has 0 amide bonds. The Morgan fingerprint density at radius 3 is 1.20 bits per heavy atom. The van der Waals surface area contributed by atoms with Gasteiger partial charge in [-0.1, -0.05) is 6.92 Å². The molecule has 4 aliphatic heterocycles. The first kappa shape index (κ1) is 38.1. The first-order valence-electron chi connectivity index (χ1n) is 16.2. The molecule has 2 N–H and O–H groups in total. The standard InChI is InChI=1S/C9H19N.C8H18N2.C8H17NO.C8H17NS/c1-8-5-6-10(7-8)9(2,3)4;1-8(2,3)10-6-4-9-5-7-10;1-8(2,3)9-5-4-7(10)6-9;1-8(2,3)9-4-6-10-7-5-9/h8H,5-7H2,1-4H3;9H,4-7H2,1-3H3;7,10H,4-6H2,1-3H3;4-7H2,1-3H3/t8-;;7-;/m1.0./s1. The summed E-state index contributed by atoms with van der Waals surface area (Å²) >= 11 is 2.07. The fourth-order valence-electron chi connectivity index (χ4n) is 5.47. The lowest BCUT2D eigenvalue weighted by Gasteiger charge is -2.38. The van der Waals surface area contributed by atoms with E-state index in [9.17, 15) is 5.11 Å². The van der Waals surface area contributed by atoms with Crippen LogP contribution < -0.4 is 5.32 Å². The number of likely N-dealkylation sites (tertiary alicyclic amines) is 2. The fourth-order valence-corrected chi connectivity index (χ4v) is 6.37. The molecule has 0 bridgehead atoms. The molecule has 0 aliphatic carbocycles.